The lowest BCUT2D eigenvalue weighted by Crippen LogP contribution is -2.06. The molecule has 2 aromatic rings. The third-order valence-corrected chi connectivity index (χ3v) is 3.20. The van der Waals surface area contributed by atoms with E-state index in [0.29, 0.717) is 17.1 Å². The highest BCUT2D eigenvalue weighted by Crippen LogP contribution is 2.30. The summed E-state index contributed by atoms with van der Waals surface area (Å²) in [5.41, 5.74) is 7.81. The van der Waals surface area contributed by atoms with E-state index in [1.807, 2.05) is 19.9 Å². The molecule has 0 aliphatic heterocycles. The van der Waals surface area contributed by atoms with E-state index in [4.69, 9.17) is 10.5 Å². The number of nitrogen functional groups attached to an aromatic ring is 1. The van der Waals surface area contributed by atoms with Crippen molar-refractivity contribution in [1.29, 1.82) is 0 Å². The lowest BCUT2D eigenvalue weighted by molar-refractivity contribution is 0.242. The Kier molecular flexibility index (Phi) is 4.49. The molecule has 0 saturated carbocycles. The summed E-state index contributed by atoms with van der Waals surface area (Å²) in [6.07, 6.45) is 0.0607. The zero-order valence-corrected chi connectivity index (χ0v) is 12.9. The highest BCUT2D eigenvalue weighted by Gasteiger charge is 2.06. The Balaban J connectivity index is 2.28. The van der Waals surface area contributed by atoms with Gasteiger partial charge in [0.2, 0.25) is 0 Å². The maximum atomic E-state index is 13.3. The molecule has 0 atom stereocenters. The maximum absolute atomic E-state index is 13.3. The molecule has 5 heteroatoms. The molecule has 0 unspecified atom stereocenters. The van der Waals surface area contributed by atoms with Gasteiger partial charge in [-0.2, -0.15) is 0 Å². The van der Waals surface area contributed by atoms with E-state index in [0.717, 1.165) is 10.2 Å². The topological polar surface area (TPSA) is 47.3 Å². The standard InChI is InChI=1S/C15H16BrFN2O/c1-9(2)20-13-7-11(18)6-12(8-13)19-15-5-10(17)3-4-14(15)16/h3-9,19H,18H2,1-2H3. The lowest BCUT2D eigenvalue weighted by Gasteiger charge is -2.14. The Labute approximate surface area is 126 Å². The average Bonchev–Trinajstić information content (AvgIpc) is 2.32. The summed E-state index contributed by atoms with van der Waals surface area (Å²) in [4.78, 5) is 0. The van der Waals surface area contributed by atoms with Crippen LogP contribution in [0.2, 0.25) is 0 Å². The summed E-state index contributed by atoms with van der Waals surface area (Å²) in [5, 5.41) is 3.12. The number of rotatable bonds is 4. The molecule has 20 heavy (non-hydrogen) atoms. The zero-order chi connectivity index (χ0) is 14.7. The number of nitrogens with one attached hydrogen (secondary N) is 1. The first kappa shape index (κ1) is 14.7. The Bertz CT molecular complexity index is 617. The van der Waals surface area contributed by atoms with E-state index >= 15 is 0 Å². The third-order valence-electron chi connectivity index (χ3n) is 2.51. The smallest absolute Gasteiger partial charge is 0.125 e. The van der Waals surface area contributed by atoms with Gasteiger partial charge < -0.3 is 15.8 Å². The van der Waals surface area contributed by atoms with Crippen molar-refractivity contribution in [2.75, 3.05) is 11.1 Å². The van der Waals surface area contributed by atoms with Crippen molar-refractivity contribution in [3.05, 3.63) is 46.7 Å². The van der Waals surface area contributed by atoms with Gasteiger partial charge in [-0.05, 0) is 54.0 Å². The van der Waals surface area contributed by atoms with Crippen LogP contribution in [0.15, 0.2) is 40.9 Å². The lowest BCUT2D eigenvalue weighted by atomic mass is 10.2. The normalized spacial score (nSPS) is 10.7. The van der Waals surface area contributed by atoms with Gasteiger partial charge >= 0.3 is 0 Å². The van der Waals surface area contributed by atoms with Crippen LogP contribution < -0.4 is 15.8 Å². The van der Waals surface area contributed by atoms with Crippen molar-refractivity contribution in [2.45, 2.75) is 20.0 Å². The quantitative estimate of drug-likeness (QED) is 0.794. The predicted octanol–water partition coefficient (Wildman–Crippen LogP) is 4.70. The number of benzene rings is 2. The van der Waals surface area contributed by atoms with E-state index in [9.17, 15) is 4.39 Å². The van der Waals surface area contributed by atoms with Crippen LogP contribution in [0.25, 0.3) is 0 Å². The second-order valence-corrected chi connectivity index (χ2v) is 5.56. The van der Waals surface area contributed by atoms with Crippen LogP contribution >= 0.6 is 15.9 Å². The van der Waals surface area contributed by atoms with Gasteiger partial charge in [-0.25, -0.2) is 4.39 Å². The van der Waals surface area contributed by atoms with Gasteiger partial charge in [-0.15, -0.1) is 0 Å². The minimum atomic E-state index is -0.307. The molecular weight excluding hydrogens is 323 g/mol. The Hall–Kier alpha value is -1.75. The van der Waals surface area contributed by atoms with Crippen LogP contribution in [-0.2, 0) is 0 Å². The van der Waals surface area contributed by atoms with Gasteiger partial charge in [0, 0.05) is 28.0 Å². The summed E-state index contributed by atoms with van der Waals surface area (Å²) < 4.78 is 19.7. The SMILES string of the molecule is CC(C)Oc1cc(N)cc(Nc2cc(F)ccc2Br)c1. The first-order valence-corrected chi connectivity index (χ1v) is 7.02. The second-order valence-electron chi connectivity index (χ2n) is 4.71. The molecule has 0 bridgehead atoms. The zero-order valence-electron chi connectivity index (χ0n) is 11.3. The summed E-state index contributed by atoms with van der Waals surface area (Å²) in [6, 6.07) is 9.80. The van der Waals surface area contributed by atoms with Crippen LogP contribution in [0, 0.1) is 5.82 Å². The van der Waals surface area contributed by atoms with Crippen LogP contribution in [0.1, 0.15) is 13.8 Å². The molecule has 0 aromatic heterocycles. The third kappa shape index (κ3) is 3.87. The fourth-order valence-corrected chi connectivity index (χ4v) is 2.13. The van der Waals surface area contributed by atoms with Crippen LogP contribution in [0.4, 0.5) is 21.5 Å². The average molecular weight is 339 g/mol. The molecule has 3 nitrogen and oxygen atoms in total. The minimum absolute atomic E-state index is 0.0607. The molecular formula is C15H16BrFN2O. The van der Waals surface area contributed by atoms with E-state index in [2.05, 4.69) is 21.2 Å². The fraction of sp³-hybridized carbons (Fsp3) is 0.200. The van der Waals surface area contributed by atoms with Gasteiger partial charge in [0.05, 0.1) is 11.8 Å². The van der Waals surface area contributed by atoms with Gasteiger partial charge in [-0.3, -0.25) is 0 Å². The summed E-state index contributed by atoms with van der Waals surface area (Å²) in [6.45, 7) is 3.89. The minimum Gasteiger partial charge on any atom is -0.491 e. The highest BCUT2D eigenvalue weighted by atomic mass is 79.9. The largest absolute Gasteiger partial charge is 0.491 e. The summed E-state index contributed by atoms with van der Waals surface area (Å²) in [7, 11) is 0. The molecule has 0 fully saturated rings. The number of halogens is 2. The maximum Gasteiger partial charge on any atom is 0.125 e. The molecule has 3 N–H and O–H groups in total. The van der Waals surface area contributed by atoms with Gasteiger partial charge in [0.25, 0.3) is 0 Å². The van der Waals surface area contributed by atoms with Crippen molar-refractivity contribution in [1.82, 2.24) is 0 Å². The van der Waals surface area contributed by atoms with Crippen molar-refractivity contribution in [2.24, 2.45) is 0 Å². The molecule has 0 heterocycles. The van der Waals surface area contributed by atoms with E-state index in [1.54, 1.807) is 18.2 Å². The van der Waals surface area contributed by atoms with Crippen molar-refractivity contribution in [3.8, 4) is 5.75 Å². The molecule has 2 rings (SSSR count). The van der Waals surface area contributed by atoms with Gasteiger partial charge in [-0.1, -0.05) is 0 Å². The molecule has 0 amide bonds. The van der Waals surface area contributed by atoms with Crippen LogP contribution in [0.3, 0.4) is 0 Å². The Morgan fingerprint density at radius 1 is 1.20 bits per heavy atom. The van der Waals surface area contributed by atoms with Gasteiger partial charge in [0.15, 0.2) is 0 Å². The molecule has 0 radical (unpaired) electrons. The highest BCUT2D eigenvalue weighted by molar-refractivity contribution is 9.10. The number of ether oxygens (including phenoxy) is 1. The van der Waals surface area contributed by atoms with Crippen LogP contribution in [-0.4, -0.2) is 6.10 Å². The monoisotopic (exact) mass is 338 g/mol. The van der Waals surface area contributed by atoms with Crippen molar-refractivity contribution in [3.63, 3.8) is 0 Å². The Morgan fingerprint density at radius 2 is 1.95 bits per heavy atom. The molecule has 0 spiro atoms. The summed E-state index contributed by atoms with van der Waals surface area (Å²) in [5.74, 6) is 0.369. The first-order valence-electron chi connectivity index (χ1n) is 6.23. The van der Waals surface area contributed by atoms with E-state index in [1.165, 1.54) is 12.1 Å². The molecule has 0 aliphatic rings. The van der Waals surface area contributed by atoms with Crippen LogP contribution in [0.5, 0.6) is 5.75 Å². The van der Waals surface area contributed by atoms with Crippen molar-refractivity contribution < 1.29 is 9.13 Å². The van der Waals surface area contributed by atoms with E-state index < -0.39 is 0 Å². The molecule has 0 saturated heterocycles. The van der Waals surface area contributed by atoms with E-state index in [-0.39, 0.29) is 11.9 Å². The summed E-state index contributed by atoms with van der Waals surface area (Å²) >= 11 is 3.37. The first-order chi connectivity index (χ1) is 9.44. The number of hydrogen-bond donors (Lipinski definition) is 2. The molecule has 0 aliphatic carbocycles. The van der Waals surface area contributed by atoms with Gasteiger partial charge in [0.1, 0.15) is 11.6 Å². The van der Waals surface area contributed by atoms with Crippen molar-refractivity contribution >= 4 is 33.0 Å². The number of hydrogen-bond acceptors (Lipinski definition) is 3. The Morgan fingerprint density at radius 3 is 2.65 bits per heavy atom. The second kappa shape index (κ2) is 6.13. The fourth-order valence-electron chi connectivity index (χ4n) is 1.78. The molecule has 106 valence electrons. The molecule has 2 aromatic carbocycles. The number of anilines is 3. The number of nitrogens with two attached hydrogens (primary N) is 1. The predicted molar refractivity (Wildman–Crippen MR) is 84.0 cm³/mol.